The molecular formula is C16H12FNO3. The normalized spacial score (nSPS) is 19.3. The molecule has 0 bridgehead atoms. The first-order valence-electron chi connectivity index (χ1n) is 6.49. The van der Waals surface area contributed by atoms with Gasteiger partial charge in [-0.2, -0.15) is 0 Å². The molecule has 1 aromatic heterocycles. The van der Waals surface area contributed by atoms with Crippen LogP contribution in [-0.4, -0.2) is 16.6 Å². The second-order valence-corrected chi connectivity index (χ2v) is 4.66. The zero-order valence-electron chi connectivity index (χ0n) is 11.0. The Kier molecular flexibility index (Phi) is 3.39. The molecule has 0 unspecified atom stereocenters. The fraction of sp³-hybridized carbons (Fsp3) is 0.125. The number of hydrogen-bond acceptors (Lipinski definition) is 4. The number of carbonyl (C=O) groups excluding carboxylic acids is 1. The number of aliphatic hydroxyl groups is 1. The lowest BCUT2D eigenvalue weighted by atomic mass is 10.1. The smallest absolute Gasteiger partial charge is 0.171 e. The van der Waals surface area contributed by atoms with E-state index in [4.69, 9.17) is 4.42 Å². The second-order valence-electron chi connectivity index (χ2n) is 4.66. The van der Waals surface area contributed by atoms with Crippen LogP contribution in [0.3, 0.4) is 0 Å². The van der Waals surface area contributed by atoms with Crippen molar-refractivity contribution in [2.45, 2.75) is 12.8 Å². The molecule has 0 radical (unpaired) electrons. The number of furan rings is 1. The van der Waals surface area contributed by atoms with Crippen molar-refractivity contribution in [2.75, 3.05) is 0 Å². The van der Waals surface area contributed by atoms with E-state index in [1.54, 1.807) is 12.1 Å². The SMILES string of the molecule is O=C1CCC(=Nc2ccc(F)cc2)/C1=C(\O)c1ccco1. The van der Waals surface area contributed by atoms with Gasteiger partial charge in [0.2, 0.25) is 0 Å². The molecule has 1 aliphatic rings. The van der Waals surface area contributed by atoms with E-state index in [1.807, 2.05) is 0 Å². The van der Waals surface area contributed by atoms with Crippen molar-refractivity contribution in [1.29, 1.82) is 0 Å². The van der Waals surface area contributed by atoms with Gasteiger partial charge in [-0.15, -0.1) is 0 Å². The van der Waals surface area contributed by atoms with Crippen LogP contribution < -0.4 is 0 Å². The summed E-state index contributed by atoms with van der Waals surface area (Å²) in [4.78, 5) is 16.3. The molecule has 1 aromatic carbocycles. The number of aliphatic hydroxyl groups excluding tert-OH is 1. The highest BCUT2D eigenvalue weighted by molar-refractivity contribution is 6.31. The summed E-state index contributed by atoms with van der Waals surface area (Å²) < 4.78 is 18.0. The minimum atomic E-state index is -0.351. The number of halogens is 1. The largest absolute Gasteiger partial charge is 0.504 e. The molecule has 1 heterocycles. The fourth-order valence-electron chi connectivity index (χ4n) is 2.23. The molecule has 0 atom stereocenters. The molecule has 1 N–H and O–H groups in total. The van der Waals surface area contributed by atoms with Gasteiger partial charge in [0, 0.05) is 6.42 Å². The average molecular weight is 285 g/mol. The van der Waals surface area contributed by atoms with Crippen molar-refractivity contribution in [2.24, 2.45) is 4.99 Å². The van der Waals surface area contributed by atoms with Gasteiger partial charge in [0.25, 0.3) is 0 Å². The van der Waals surface area contributed by atoms with E-state index in [-0.39, 0.29) is 28.7 Å². The van der Waals surface area contributed by atoms with Gasteiger partial charge in [0.15, 0.2) is 17.3 Å². The quantitative estimate of drug-likeness (QED) is 0.674. The number of carbonyl (C=O) groups is 1. The number of nitrogens with zero attached hydrogens (tertiary/aromatic N) is 1. The first kappa shape index (κ1) is 13.3. The maximum atomic E-state index is 12.9. The van der Waals surface area contributed by atoms with Gasteiger partial charge in [-0.1, -0.05) is 0 Å². The Balaban J connectivity index is 2.04. The second kappa shape index (κ2) is 5.36. The standard InChI is InChI=1S/C16H12FNO3/c17-10-3-5-11(6-4-10)18-12-7-8-13(19)15(12)16(20)14-2-1-9-21-14/h1-6,9,20H,7-8H2/b16-15+,18-12?. The van der Waals surface area contributed by atoms with Gasteiger partial charge >= 0.3 is 0 Å². The Hall–Kier alpha value is -2.69. The van der Waals surface area contributed by atoms with E-state index in [2.05, 4.69) is 4.99 Å². The summed E-state index contributed by atoms with van der Waals surface area (Å²) in [6.45, 7) is 0. The predicted molar refractivity (Wildman–Crippen MR) is 76.0 cm³/mol. The van der Waals surface area contributed by atoms with Crippen molar-refractivity contribution in [1.82, 2.24) is 0 Å². The molecule has 5 heteroatoms. The molecule has 1 fully saturated rings. The van der Waals surface area contributed by atoms with Gasteiger partial charge < -0.3 is 9.52 Å². The number of rotatable bonds is 2. The van der Waals surface area contributed by atoms with E-state index < -0.39 is 0 Å². The molecule has 106 valence electrons. The molecule has 1 aliphatic carbocycles. The molecule has 21 heavy (non-hydrogen) atoms. The van der Waals surface area contributed by atoms with Gasteiger partial charge in [-0.25, -0.2) is 4.39 Å². The predicted octanol–water partition coefficient (Wildman–Crippen LogP) is 3.82. The minimum Gasteiger partial charge on any atom is -0.504 e. The summed E-state index contributed by atoms with van der Waals surface area (Å²) in [6.07, 6.45) is 2.15. The lowest BCUT2D eigenvalue weighted by Gasteiger charge is -2.03. The van der Waals surface area contributed by atoms with Crippen LogP contribution in [0.25, 0.3) is 5.76 Å². The van der Waals surface area contributed by atoms with Crippen LogP contribution in [0.1, 0.15) is 18.6 Å². The van der Waals surface area contributed by atoms with Crippen molar-refractivity contribution in [3.63, 3.8) is 0 Å². The van der Waals surface area contributed by atoms with Crippen LogP contribution >= 0.6 is 0 Å². The lowest BCUT2D eigenvalue weighted by molar-refractivity contribution is -0.114. The van der Waals surface area contributed by atoms with E-state index >= 15 is 0 Å². The summed E-state index contributed by atoms with van der Waals surface area (Å²) in [5.74, 6) is -0.504. The van der Waals surface area contributed by atoms with Crippen LogP contribution in [0.2, 0.25) is 0 Å². The van der Waals surface area contributed by atoms with Gasteiger partial charge in [0.05, 0.1) is 23.2 Å². The monoisotopic (exact) mass is 285 g/mol. The molecule has 2 aromatic rings. The molecule has 3 rings (SSSR count). The Labute approximate surface area is 120 Å². The highest BCUT2D eigenvalue weighted by atomic mass is 19.1. The number of allylic oxidation sites excluding steroid dienone is 1. The first-order chi connectivity index (χ1) is 10.1. The number of hydrogen-bond donors (Lipinski definition) is 1. The van der Waals surface area contributed by atoms with Crippen LogP contribution in [0, 0.1) is 5.82 Å². The van der Waals surface area contributed by atoms with Gasteiger partial charge in [-0.3, -0.25) is 9.79 Å². The molecule has 0 saturated heterocycles. The van der Waals surface area contributed by atoms with Crippen LogP contribution in [0.15, 0.2) is 57.6 Å². The van der Waals surface area contributed by atoms with Crippen molar-refractivity contribution in [3.05, 3.63) is 59.8 Å². The van der Waals surface area contributed by atoms with Crippen LogP contribution in [0.5, 0.6) is 0 Å². The number of aliphatic imine (C=N–C) groups is 1. The van der Waals surface area contributed by atoms with Gasteiger partial charge in [0.1, 0.15) is 5.82 Å². The van der Waals surface area contributed by atoms with E-state index in [0.29, 0.717) is 24.2 Å². The molecule has 0 amide bonds. The van der Waals surface area contributed by atoms with Crippen molar-refractivity contribution in [3.8, 4) is 0 Å². The third-order valence-electron chi connectivity index (χ3n) is 3.24. The highest BCUT2D eigenvalue weighted by Crippen LogP contribution is 2.28. The lowest BCUT2D eigenvalue weighted by Crippen LogP contribution is -2.04. The van der Waals surface area contributed by atoms with E-state index in [1.165, 1.54) is 30.5 Å². The van der Waals surface area contributed by atoms with Gasteiger partial charge in [-0.05, 0) is 42.8 Å². The minimum absolute atomic E-state index is 0.175. The Morgan fingerprint density at radius 3 is 2.62 bits per heavy atom. The molecule has 4 nitrogen and oxygen atoms in total. The zero-order chi connectivity index (χ0) is 14.8. The summed E-state index contributed by atoms with van der Waals surface area (Å²) in [5, 5.41) is 10.2. The van der Waals surface area contributed by atoms with Crippen LogP contribution in [-0.2, 0) is 4.79 Å². The number of benzene rings is 1. The number of Topliss-reactive ketones (excluding diaryl/α,β-unsaturated/α-hetero) is 1. The Morgan fingerprint density at radius 1 is 1.19 bits per heavy atom. The van der Waals surface area contributed by atoms with Crippen molar-refractivity contribution >= 4 is 22.9 Å². The molecular weight excluding hydrogens is 273 g/mol. The van der Waals surface area contributed by atoms with Crippen molar-refractivity contribution < 1.29 is 18.7 Å². The van der Waals surface area contributed by atoms with Crippen LogP contribution in [0.4, 0.5) is 10.1 Å². The van der Waals surface area contributed by atoms with E-state index in [0.717, 1.165) is 0 Å². The summed E-state index contributed by atoms with van der Waals surface area (Å²) >= 11 is 0. The molecule has 0 aliphatic heterocycles. The summed E-state index contributed by atoms with van der Waals surface area (Å²) in [5.41, 5.74) is 1.20. The third-order valence-corrected chi connectivity index (χ3v) is 3.24. The Morgan fingerprint density at radius 2 is 1.95 bits per heavy atom. The first-order valence-corrected chi connectivity index (χ1v) is 6.49. The van der Waals surface area contributed by atoms with E-state index in [9.17, 15) is 14.3 Å². The topological polar surface area (TPSA) is 62.8 Å². The molecule has 0 spiro atoms. The maximum Gasteiger partial charge on any atom is 0.171 e. The third kappa shape index (κ3) is 2.63. The molecule has 1 saturated carbocycles. The Bertz CT molecular complexity index is 727. The summed E-state index contributed by atoms with van der Waals surface area (Å²) in [7, 11) is 0. The fourth-order valence-corrected chi connectivity index (χ4v) is 2.23. The number of ketones is 1. The summed E-state index contributed by atoms with van der Waals surface area (Å²) in [6, 6.07) is 8.84. The highest BCUT2D eigenvalue weighted by Gasteiger charge is 2.29. The average Bonchev–Trinajstić information content (AvgIpc) is 3.11. The zero-order valence-corrected chi connectivity index (χ0v) is 11.0. The maximum absolute atomic E-state index is 12.9.